The Labute approximate surface area is 141 Å². The number of hydrogen-bond donors (Lipinski definition) is 2. The third-order valence-electron chi connectivity index (χ3n) is 3.91. The number of rotatable bonds is 8. The van der Waals surface area contributed by atoms with Gasteiger partial charge in [-0.3, -0.25) is 9.78 Å². The first-order chi connectivity index (χ1) is 11.8. The zero-order chi connectivity index (χ0) is 16.6. The molecule has 0 radical (unpaired) electrons. The second-order valence-electron chi connectivity index (χ2n) is 5.74. The average molecular weight is 326 g/mol. The average Bonchev–Trinajstić information content (AvgIpc) is 3.03. The maximum absolute atomic E-state index is 11.5. The van der Waals surface area contributed by atoms with E-state index in [2.05, 4.69) is 25.6 Å². The normalized spacial score (nSPS) is 14.0. The summed E-state index contributed by atoms with van der Waals surface area (Å²) in [7, 11) is 0. The lowest BCUT2D eigenvalue weighted by molar-refractivity contribution is -0.127. The highest BCUT2D eigenvalue weighted by Gasteiger charge is 2.18. The van der Waals surface area contributed by atoms with Crippen LogP contribution in [0.25, 0.3) is 0 Å². The summed E-state index contributed by atoms with van der Waals surface area (Å²) in [6.07, 6.45) is 7.89. The predicted octanol–water partition coefficient (Wildman–Crippen LogP) is 1.91. The van der Waals surface area contributed by atoms with Gasteiger partial charge in [0.2, 0.25) is 11.9 Å². The van der Waals surface area contributed by atoms with Crippen molar-refractivity contribution in [2.75, 3.05) is 30.3 Å². The van der Waals surface area contributed by atoms with Crippen LogP contribution in [0.2, 0.25) is 0 Å². The van der Waals surface area contributed by atoms with Crippen molar-refractivity contribution in [1.82, 2.24) is 19.9 Å². The summed E-state index contributed by atoms with van der Waals surface area (Å²) in [5.41, 5.74) is 1.08. The smallest absolute Gasteiger partial charge is 0.224 e. The van der Waals surface area contributed by atoms with E-state index in [9.17, 15) is 4.79 Å². The Bertz CT molecular complexity index is 663. The van der Waals surface area contributed by atoms with E-state index < -0.39 is 0 Å². The molecule has 1 amide bonds. The fraction of sp³-hybridized carbons (Fsp3) is 0.412. The minimum absolute atomic E-state index is 0.277. The molecule has 24 heavy (non-hydrogen) atoms. The molecule has 0 bridgehead atoms. The Morgan fingerprint density at radius 2 is 2.17 bits per heavy atom. The topological polar surface area (TPSA) is 83.0 Å². The number of nitrogens with one attached hydrogen (secondary N) is 2. The maximum atomic E-state index is 11.5. The molecule has 7 nitrogen and oxygen atoms in total. The van der Waals surface area contributed by atoms with Gasteiger partial charge in [0.05, 0.1) is 0 Å². The largest absolute Gasteiger partial charge is 0.370 e. The summed E-state index contributed by atoms with van der Waals surface area (Å²) >= 11 is 0. The zero-order valence-electron chi connectivity index (χ0n) is 13.6. The highest BCUT2D eigenvalue weighted by Crippen LogP contribution is 2.10. The molecule has 1 fully saturated rings. The van der Waals surface area contributed by atoms with Gasteiger partial charge in [-0.1, -0.05) is 6.07 Å². The molecule has 2 aromatic heterocycles. The molecule has 0 atom stereocenters. The quantitative estimate of drug-likeness (QED) is 0.721. The van der Waals surface area contributed by atoms with Gasteiger partial charge in [-0.05, 0) is 30.5 Å². The second kappa shape index (κ2) is 8.24. The molecule has 7 heteroatoms. The zero-order valence-corrected chi connectivity index (χ0v) is 13.6. The van der Waals surface area contributed by atoms with E-state index in [4.69, 9.17) is 0 Å². The van der Waals surface area contributed by atoms with Crippen molar-refractivity contribution in [3.63, 3.8) is 0 Å². The Kier molecular flexibility index (Phi) is 5.55. The molecular formula is C17H22N6O. The molecule has 1 aliphatic rings. The minimum Gasteiger partial charge on any atom is -0.370 e. The Hall–Kier alpha value is -2.70. The molecule has 0 saturated carbocycles. The van der Waals surface area contributed by atoms with Crippen LogP contribution in [-0.2, 0) is 11.3 Å². The Morgan fingerprint density at radius 3 is 2.96 bits per heavy atom. The van der Waals surface area contributed by atoms with Crippen molar-refractivity contribution in [1.29, 1.82) is 0 Å². The number of likely N-dealkylation sites (tertiary alicyclic amines) is 1. The number of pyridine rings is 1. The van der Waals surface area contributed by atoms with Crippen LogP contribution in [-0.4, -0.2) is 45.4 Å². The van der Waals surface area contributed by atoms with E-state index in [-0.39, 0.29) is 5.91 Å². The SMILES string of the molecule is O=C1CCCN1CCCNc1ccnc(NCc2cccnc2)n1. The standard InChI is InChI=1S/C17H22N6O/c24-16-5-2-10-23(16)11-3-8-19-15-6-9-20-17(22-15)21-13-14-4-1-7-18-12-14/h1,4,6-7,9,12H,2-3,5,8,10-11,13H2,(H2,19,20,21,22). The van der Waals surface area contributed by atoms with Crippen LogP contribution in [0, 0.1) is 0 Å². The molecule has 2 N–H and O–H groups in total. The van der Waals surface area contributed by atoms with E-state index in [1.807, 2.05) is 29.3 Å². The fourth-order valence-electron chi connectivity index (χ4n) is 2.65. The van der Waals surface area contributed by atoms with Gasteiger partial charge >= 0.3 is 0 Å². The lowest BCUT2D eigenvalue weighted by atomic mass is 10.3. The van der Waals surface area contributed by atoms with Gasteiger partial charge in [0, 0.05) is 51.2 Å². The van der Waals surface area contributed by atoms with Gasteiger partial charge in [-0.15, -0.1) is 0 Å². The van der Waals surface area contributed by atoms with Gasteiger partial charge in [0.1, 0.15) is 5.82 Å². The maximum Gasteiger partial charge on any atom is 0.224 e. The van der Waals surface area contributed by atoms with Crippen LogP contribution in [0.1, 0.15) is 24.8 Å². The van der Waals surface area contributed by atoms with Crippen molar-refractivity contribution in [3.8, 4) is 0 Å². The van der Waals surface area contributed by atoms with Crippen molar-refractivity contribution >= 4 is 17.7 Å². The molecule has 3 heterocycles. The first kappa shape index (κ1) is 16.2. The molecule has 0 aliphatic carbocycles. The van der Waals surface area contributed by atoms with Crippen molar-refractivity contribution in [3.05, 3.63) is 42.4 Å². The highest BCUT2D eigenvalue weighted by molar-refractivity contribution is 5.78. The summed E-state index contributed by atoms with van der Waals surface area (Å²) in [5, 5.41) is 6.47. The third-order valence-corrected chi connectivity index (χ3v) is 3.91. The molecule has 0 aromatic carbocycles. The lowest BCUT2D eigenvalue weighted by Crippen LogP contribution is -2.27. The Morgan fingerprint density at radius 1 is 1.21 bits per heavy atom. The molecule has 3 rings (SSSR count). The molecular weight excluding hydrogens is 304 g/mol. The monoisotopic (exact) mass is 326 g/mol. The van der Waals surface area contributed by atoms with Crippen LogP contribution in [0.5, 0.6) is 0 Å². The first-order valence-electron chi connectivity index (χ1n) is 8.29. The third kappa shape index (κ3) is 4.65. The summed E-state index contributed by atoms with van der Waals surface area (Å²) in [5.74, 6) is 1.64. The summed E-state index contributed by atoms with van der Waals surface area (Å²) in [4.78, 5) is 26.2. The number of carbonyl (C=O) groups is 1. The number of hydrogen-bond acceptors (Lipinski definition) is 6. The van der Waals surface area contributed by atoms with E-state index in [0.29, 0.717) is 18.9 Å². The molecule has 2 aromatic rings. The molecule has 0 unspecified atom stereocenters. The number of aromatic nitrogens is 3. The minimum atomic E-state index is 0.277. The van der Waals surface area contributed by atoms with Crippen LogP contribution < -0.4 is 10.6 Å². The molecule has 1 saturated heterocycles. The summed E-state index contributed by atoms with van der Waals surface area (Å²) in [6.45, 7) is 3.12. The van der Waals surface area contributed by atoms with Crippen LogP contribution in [0.3, 0.4) is 0 Å². The highest BCUT2D eigenvalue weighted by atomic mass is 16.2. The van der Waals surface area contributed by atoms with Crippen LogP contribution in [0.4, 0.5) is 11.8 Å². The van der Waals surface area contributed by atoms with E-state index in [1.54, 1.807) is 12.4 Å². The van der Waals surface area contributed by atoms with Gasteiger partial charge < -0.3 is 15.5 Å². The van der Waals surface area contributed by atoms with E-state index in [1.165, 1.54) is 0 Å². The lowest BCUT2D eigenvalue weighted by Gasteiger charge is -2.15. The molecule has 0 spiro atoms. The van der Waals surface area contributed by atoms with Crippen molar-refractivity contribution < 1.29 is 4.79 Å². The van der Waals surface area contributed by atoms with E-state index in [0.717, 1.165) is 43.9 Å². The van der Waals surface area contributed by atoms with Crippen molar-refractivity contribution in [2.45, 2.75) is 25.8 Å². The van der Waals surface area contributed by atoms with Crippen LogP contribution >= 0.6 is 0 Å². The number of carbonyl (C=O) groups excluding carboxylic acids is 1. The van der Waals surface area contributed by atoms with Gasteiger partial charge in [0.15, 0.2) is 0 Å². The van der Waals surface area contributed by atoms with Gasteiger partial charge in [-0.2, -0.15) is 4.98 Å². The number of amides is 1. The van der Waals surface area contributed by atoms with Crippen molar-refractivity contribution in [2.24, 2.45) is 0 Å². The van der Waals surface area contributed by atoms with Gasteiger partial charge in [-0.25, -0.2) is 4.98 Å². The van der Waals surface area contributed by atoms with Crippen LogP contribution in [0.15, 0.2) is 36.8 Å². The van der Waals surface area contributed by atoms with Gasteiger partial charge in [0.25, 0.3) is 0 Å². The van der Waals surface area contributed by atoms with E-state index >= 15 is 0 Å². The fourth-order valence-corrected chi connectivity index (χ4v) is 2.65. The summed E-state index contributed by atoms with van der Waals surface area (Å²) in [6, 6.07) is 5.75. The number of nitrogens with zero attached hydrogens (tertiary/aromatic N) is 4. The number of anilines is 2. The predicted molar refractivity (Wildman–Crippen MR) is 92.5 cm³/mol. The Balaban J connectivity index is 1.42. The second-order valence-corrected chi connectivity index (χ2v) is 5.74. The molecule has 1 aliphatic heterocycles. The molecule has 126 valence electrons. The summed E-state index contributed by atoms with van der Waals surface area (Å²) < 4.78 is 0. The first-order valence-corrected chi connectivity index (χ1v) is 8.29.